The molecule has 2 unspecified atom stereocenters. The first-order valence-electron chi connectivity index (χ1n) is 27.6. The lowest BCUT2D eigenvalue weighted by molar-refractivity contribution is -0.174. The molecule has 0 saturated carbocycles. The second-order valence-electron chi connectivity index (χ2n) is 21.9. The maximum atomic E-state index is 12.0. The van der Waals surface area contributed by atoms with Gasteiger partial charge < -0.3 is 13.6 Å². The average molecular weight is 1230 g/mol. The van der Waals surface area contributed by atoms with Crippen molar-refractivity contribution in [3.8, 4) is 6.07 Å². The van der Waals surface area contributed by atoms with Crippen LogP contribution in [0.2, 0.25) is 5.02 Å². The summed E-state index contributed by atoms with van der Waals surface area (Å²) < 4.78 is 122. The predicted molar refractivity (Wildman–Crippen MR) is 316 cm³/mol. The van der Waals surface area contributed by atoms with Gasteiger partial charge in [-0.05, 0) is 44.9 Å². The maximum absolute atomic E-state index is 12.0. The molecule has 0 aliphatic heterocycles. The molecule has 0 aliphatic rings. The first kappa shape index (κ1) is 91.6. The van der Waals surface area contributed by atoms with Gasteiger partial charge in [0, 0.05) is 79.6 Å². The van der Waals surface area contributed by atoms with Gasteiger partial charge in [-0.25, -0.2) is 0 Å². The lowest BCUT2D eigenvalue weighted by Crippen LogP contribution is -2.28. The van der Waals surface area contributed by atoms with E-state index in [2.05, 4.69) is 6.92 Å². The van der Waals surface area contributed by atoms with Crippen LogP contribution in [0.25, 0.3) is 0 Å². The monoisotopic (exact) mass is 1230 g/mol. The number of unbranched alkanes of at least 4 members (excludes halogenated alkanes) is 1. The molecule has 0 spiro atoms. The molecule has 2 atom stereocenters. The summed E-state index contributed by atoms with van der Waals surface area (Å²) in [5.41, 5.74) is 1.80. The molecular formula is C59H105ClF7NO11P2. The van der Waals surface area contributed by atoms with E-state index in [4.69, 9.17) is 30.4 Å². The minimum Gasteiger partial charge on any atom is -0.328 e. The second kappa shape index (κ2) is 46.2. The van der Waals surface area contributed by atoms with E-state index in [0.29, 0.717) is 50.0 Å². The standard InChI is InChI=1S/C11H13ClO.C8H13F3O.C8H19O2P.C7H17O3P.C7H14O.2C6H10F2O.C6H9NO/c1-7(2)11(13)9-5-4-8(3)6-10(9)12;1-5(2)7(12)4-6(3)8(9,10)11;1-5-6-7-10-11(4,9)8(2)3;1-5-9-11(8,7(3)4)10-6-2;1-5(2)7(8)6(3)4;2*1-4(2)5(9)6(3,7)8;1-5(2)6(8)3-4-7/h4-7H,1-3H3;5-6H,4H2,1-3H3;8H,5-7H2,1-4H3;7H,5-6H2,1-4H3;5-6H,1-4H3;2*4H,1-3H3;5H,3H2,1-2H3. The van der Waals surface area contributed by atoms with E-state index in [-0.39, 0.29) is 64.7 Å². The third kappa shape index (κ3) is 50.0. The second-order valence-corrected chi connectivity index (χ2v) is 28.1. The van der Waals surface area contributed by atoms with E-state index >= 15 is 0 Å². The molecule has 22 heteroatoms. The molecule has 0 N–H and O–H groups in total. The van der Waals surface area contributed by atoms with Gasteiger partial charge in [0.05, 0.1) is 48.9 Å². The summed E-state index contributed by atoms with van der Waals surface area (Å²) in [7, 11) is -5.09. The van der Waals surface area contributed by atoms with Gasteiger partial charge in [0.15, 0.2) is 5.78 Å². The molecule has 0 fully saturated rings. The van der Waals surface area contributed by atoms with Gasteiger partial charge in [0.25, 0.3) is 0 Å². The van der Waals surface area contributed by atoms with Crippen LogP contribution < -0.4 is 0 Å². The lowest BCUT2D eigenvalue weighted by atomic mass is 9.98. The number of ketones is 6. The number of nitrogens with zero attached hydrogens (tertiary/aromatic N) is 1. The number of nitriles is 1. The Morgan fingerprint density at radius 2 is 0.975 bits per heavy atom. The van der Waals surface area contributed by atoms with Crippen molar-refractivity contribution in [1.82, 2.24) is 0 Å². The largest absolute Gasteiger partial charge is 0.391 e. The number of hydrogen-bond acceptors (Lipinski definition) is 12. The normalized spacial score (nSPS) is 12.5. The van der Waals surface area contributed by atoms with Crippen LogP contribution >= 0.6 is 26.6 Å². The Kier molecular flexibility index (Phi) is 52.2. The molecule has 0 saturated heterocycles. The number of aryl methyl sites for hydroxylation is 1. The molecule has 1 aromatic rings. The van der Waals surface area contributed by atoms with Gasteiger partial charge in [0.2, 0.25) is 18.9 Å². The lowest BCUT2D eigenvalue weighted by Gasteiger charge is -2.19. The summed E-state index contributed by atoms with van der Waals surface area (Å²) in [6, 6.07) is 7.31. The van der Waals surface area contributed by atoms with E-state index in [0.717, 1.165) is 25.3 Å². The fraction of sp³-hybridized carbons (Fsp3) is 0.780. The van der Waals surface area contributed by atoms with Crippen molar-refractivity contribution in [1.29, 1.82) is 5.26 Å². The molecule has 1 rings (SSSR count). The van der Waals surface area contributed by atoms with Crippen LogP contribution in [0, 0.1) is 65.6 Å². The Balaban J connectivity index is -0.000000155. The third-order valence-electron chi connectivity index (χ3n) is 10.6. The summed E-state index contributed by atoms with van der Waals surface area (Å²) in [6.07, 6.45) is -2.49. The molecule has 0 heterocycles. The van der Waals surface area contributed by atoms with E-state index in [1.165, 1.54) is 27.7 Å². The minimum absolute atomic E-state index is 0.000191. The minimum atomic E-state index is -4.25. The summed E-state index contributed by atoms with van der Waals surface area (Å²) in [5, 5.41) is 8.57. The number of carbonyl (C=O) groups is 6. The van der Waals surface area contributed by atoms with Crippen LogP contribution in [0.4, 0.5) is 30.7 Å². The molecule has 12 nitrogen and oxygen atoms in total. The van der Waals surface area contributed by atoms with Gasteiger partial charge >= 0.3 is 25.6 Å². The Morgan fingerprint density at radius 1 is 0.593 bits per heavy atom. The molecule has 81 heavy (non-hydrogen) atoms. The molecule has 0 amide bonds. The predicted octanol–water partition coefficient (Wildman–Crippen LogP) is 18.8. The zero-order chi connectivity index (χ0) is 66.4. The smallest absolute Gasteiger partial charge is 0.328 e. The molecule has 478 valence electrons. The van der Waals surface area contributed by atoms with Gasteiger partial charge in [0.1, 0.15) is 17.3 Å². The Bertz CT molecular complexity index is 2020. The highest BCUT2D eigenvalue weighted by atomic mass is 35.5. The number of halogens is 8. The van der Waals surface area contributed by atoms with Crippen molar-refractivity contribution >= 4 is 61.3 Å². The Labute approximate surface area is 489 Å². The molecule has 0 bridgehead atoms. The first-order chi connectivity index (χ1) is 36.3. The third-order valence-corrected chi connectivity index (χ3v) is 16.0. The van der Waals surface area contributed by atoms with Gasteiger partial charge in [-0.3, -0.25) is 37.9 Å². The van der Waals surface area contributed by atoms with E-state index < -0.39 is 68.7 Å². The first-order valence-corrected chi connectivity index (χ1v) is 31.7. The van der Waals surface area contributed by atoms with Crippen LogP contribution in [0.1, 0.15) is 208 Å². The number of hydrogen-bond donors (Lipinski definition) is 0. The molecule has 0 radical (unpaired) electrons. The zero-order valence-corrected chi connectivity index (χ0v) is 56.4. The molecular weight excluding hydrogens is 1130 g/mol. The number of rotatable bonds is 23. The van der Waals surface area contributed by atoms with Crippen molar-refractivity contribution in [2.75, 3.05) is 26.5 Å². The van der Waals surface area contributed by atoms with E-state index in [9.17, 15) is 68.6 Å². The van der Waals surface area contributed by atoms with Crippen molar-refractivity contribution in [2.24, 2.45) is 47.3 Å². The van der Waals surface area contributed by atoms with Crippen LogP contribution in [0.15, 0.2) is 18.2 Å². The zero-order valence-electron chi connectivity index (χ0n) is 53.8. The highest BCUT2D eigenvalue weighted by Gasteiger charge is 2.37. The van der Waals surface area contributed by atoms with Crippen molar-refractivity contribution < 1.29 is 82.2 Å². The van der Waals surface area contributed by atoms with Gasteiger partial charge in [-0.1, -0.05) is 163 Å². The fourth-order valence-electron chi connectivity index (χ4n) is 4.98. The van der Waals surface area contributed by atoms with Crippen LogP contribution in [-0.2, 0) is 46.7 Å². The average Bonchev–Trinajstić information content (AvgIpc) is 3.31. The van der Waals surface area contributed by atoms with Crippen molar-refractivity contribution in [3.63, 3.8) is 0 Å². The SMILES string of the molecule is CC(C)C(=O)C(C)(F)F.CC(C)C(=O)C(C)(F)F.CC(C)C(=O)C(C)C.CC(C)C(=O)CC#N.CC(C)C(=O)CC(C)C(F)(F)F.CCCCOP(C)(=O)C(C)C.CCOP(=O)(OCC)C(C)C.Cc1ccc(C(=O)C(C)C)c(Cl)c1. The van der Waals surface area contributed by atoms with E-state index in [1.54, 1.807) is 46.5 Å². The maximum Gasteiger partial charge on any atom is 0.391 e. The van der Waals surface area contributed by atoms with Crippen LogP contribution in [0.5, 0.6) is 0 Å². The van der Waals surface area contributed by atoms with Crippen LogP contribution in [-0.4, -0.2) is 90.5 Å². The Hall–Kier alpha value is -3.13. The van der Waals surface area contributed by atoms with Crippen molar-refractivity contribution in [3.05, 3.63) is 34.3 Å². The highest BCUT2D eigenvalue weighted by Crippen LogP contribution is 2.52. The Morgan fingerprint density at radius 3 is 1.17 bits per heavy atom. The van der Waals surface area contributed by atoms with E-state index in [1.807, 2.05) is 102 Å². The topological polar surface area (TPSA) is 188 Å². The number of benzene rings is 1. The number of alkyl halides is 7. The van der Waals surface area contributed by atoms with Crippen LogP contribution in [0.3, 0.4) is 0 Å². The fourth-order valence-corrected chi connectivity index (χ4v) is 7.49. The summed E-state index contributed by atoms with van der Waals surface area (Å²) >= 11 is 5.95. The summed E-state index contributed by atoms with van der Waals surface area (Å²) in [4.78, 5) is 64.7. The highest BCUT2D eigenvalue weighted by molar-refractivity contribution is 7.58. The van der Waals surface area contributed by atoms with Gasteiger partial charge in [-0.15, -0.1) is 0 Å². The summed E-state index contributed by atoms with van der Waals surface area (Å²) in [6.45, 7) is 44.8. The summed E-state index contributed by atoms with van der Waals surface area (Å²) in [5.74, 6) is -10.7. The quantitative estimate of drug-likeness (QED) is 0.0437. The molecule has 0 aliphatic carbocycles. The van der Waals surface area contributed by atoms with Crippen molar-refractivity contribution in [2.45, 2.75) is 228 Å². The number of Topliss-reactive ketones (excluding diaryl/α,β-unsaturated/α-hetero) is 6. The van der Waals surface area contributed by atoms with Gasteiger partial charge in [-0.2, -0.15) is 36.0 Å². The molecule has 1 aromatic carbocycles. The molecule has 0 aromatic heterocycles. The number of carbonyl (C=O) groups excluding carboxylic acids is 6.